The number of ether oxygens (including phenoxy) is 2. The molecule has 2 fully saturated rings. The van der Waals surface area contributed by atoms with E-state index in [-0.39, 0.29) is 5.97 Å². The fraction of sp³-hybridized carbons (Fsp3) is 0.929. The molecule has 0 radical (unpaired) electrons. The molecular formula is C14H26N2O3. The zero-order valence-corrected chi connectivity index (χ0v) is 12.1. The summed E-state index contributed by atoms with van der Waals surface area (Å²) in [5, 5.41) is 0. The normalized spacial score (nSPS) is 31.3. The summed E-state index contributed by atoms with van der Waals surface area (Å²) in [4.78, 5) is 14.0. The third-order valence-electron chi connectivity index (χ3n) is 4.42. The van der Waals surface area contributed by atoms with Crippen molar-refractivity contribution in [2.45, 2.75) is 56.7 Å². The van der Waals surface area contributed by atoms with Crippen LogP contribution in [0, 0.1) is 0 Å². The van der Waals surface area contributed by atoms with Gasteiger partial charge in [-0.15, -0.1) is 0 Å². The number of methoxy groups -OCH3 is 1. The van der Waals surface area contributed by atoms with E-state index in [1.807, 2.05) is 0 Å². The molecule has 1 saturated carbocycles. The van der Waals surface area contributed by atoms with Crippen molar-refractivity contribution in [3.05, 3.63) is 0 Å². The Kier molecular flexibility index (Phi) is 4.81. The largest absolute Gasteiger partial charge is 0.468 e. The maximum Gasteiger partial charge on any atom is 0.325 e. The molecule has 1 heterocycles. The van der Waals surface area contributed by atoms with Gasteiger partial charge in [-0.1, -0.05) is 12.8 Å². The van der Waals surface area contributed by atoms with E-state index in [0.717, 1.165) is 26.1 Å². The molecule has 0 aromatic heterocycles. The average molecular weight is 270 g/mol. The van der Waals surface area contributed by atoms with Crippen LogP contribution in [-0.2, 0) is 14.3 Å². The highest BCUT2D eigenvalue weighted by Crippen LogP contribution is 2.28. The first-order valence-electron chi connectivity index (χ1n) is 7.27. The van der Waals surface area contributed by atoms with E-state index >= 15 is 0 Å². The van der Waals surface area contributed by atoms with Gasteiger partial charge in [0.15, 0.2) is 0 Å². The standard InChI is InChI=1S/C14H26N2O3/c1-14(15,13(17)18-2)7-8-16-9-10-19-12-6-4-3-5-11(12)16/h11-12H,3-10,15H2,1-2H3. The van der Waals surface area contributed by atoms with Gasteiger partial charge in [-0.25, -0.2) is 0 Å². The third-order valence-corrected chi connectivity index (χ3v) is 4.42. The predicted molar refractivity (Wildman–Crippen MR) is 72.8 cm³/mol. The Hall–Kier alpha value is -0.650. The number of carbonyl (C=O) groups excluding carboxylic acids is 1. The summed E-state index contributed by atoms with van der Waals surface area (Å²) in [7, 11) is 1.39. The molecule has 0 bridgehead atoms. The number of esters is 1. The van der Waals surface area contributed by atoms with Crippen molar-refractivity contribution in [2.75, 3.05) is 26.8 Å². The Bertz CT molecular complexity index is 318. The molecule has 0 aromatic carbocycles. The van der Waals surface area contributed by atoms with Crippen molar-refractivity contribution >= 4 is 5.97 Å². The number of hydrogen-bond acceptors (Lipinski definition) is 5. The Labute approximate surface area is 115 Å². The molecule has 2 rings (SSSR count). The summed E-state index contributed by atoms with van der Waals surface area (Å²) in [6.45, 7) is 4.32. The minimum Gasteiger partial charge on any atom is -0.468 e. The van der Waals surface area contributed by atoms with Gasteiger partial charge in [-0.2, -0.15) is 0 Å². The van der Waals surface area contributed by atoms with Crippen LogP contribution in [-0.4, -0.2) is 55.4 Å². The van der Waals surface area contributed by atoms with Crippen molar-refractivity contribution < 1.29 is 14.3 Å². The zero-order valence-electron chi connectivity index (χ0n) is 12.1. The monoisotopic (exact) mass is 270 g/mol. The van der Waals surface area contributed by atoms with Crippen molar-refractivity contribution in [1.82, 2.24) is 4.90 Å². The second-order valence-corrected chi connectivity index (χ2v) is 5.96. The molecule has 5 heteroatoms. The zero-order chi connectivity index (χ0) is 13.9. The molecule has 0 amide bonds. The van der Waals surface area contributed by atoms with Crippen LogP contribution in [0.15, 0.2) is 0 Å². The first kappa shape index (κ1) is 14.8. The highest BCUT2D eigenvalue weighted by Gasteiger charge is 2.36. The topological polar surface area (TPSA) is 64.8 Å². The van der Waals surface area contributed by atoms with Crippen LogP contribution in [0.3, 0.4) is 0 Å². The summed E-state index contributed by atoms with van der Waals surface area (Å²) < 4.78 is 10.6. The van der Waals surface area contributed by atoms with Gasteiger partial charge in [0.1, 0.15) is 5.54 Å². The van der Waals surface area contributed by atoms with E-state index in [4.69, 9.17) is 15.2 Å². The molecule has 2 aliphatic rings. The first-order valence-corrected chi connectivity index (χ1v) is 7.27. The predicted octanol–water partition coefficient (Wildman–Crippen LogP) is 0.910. The molecule has 1 aliphatic heterocycles. The highest BCUT2D eigenvalue weighted by atomic mass is 16.5. The summed E-state index contributed by atoms with van der Waals surface area (Å²) >= 11 is 0. The number of carbonyl (C=O) groups is 1. The number of morpholine rings is 1. The molecule has 0 spiro atoms. The maximum atomic E-state index is 11.6. The minimum atomic E-state index is -0.892. The van der Waals surface area contributed by atoms with Gasteiger partial charge in [0.05, 0.1) is 19.8 Å². The summed E-state index contributed by atoms with van der Waals surface area (Å²) in [5.74, 6) is -0.332. The lowest BCUT2D eigenvalue weighted by Crippen LogP contribution is -2.55. The van der Waals surface area contributed by atoms with Crippen molar-refractivity contribution in [3.8, 4) is 0 Å². The number of nitrogens with two attached hydrogens (primary N) is 1. The van der Waals surface area contributed by atoms with E-state index in [1.165, 1.54) is 26.4 Å². The molecule has 1 saturated heterocycles. The average Bonchev–Trinajstić information content (AvgIpc) is 2.44. The summed E-state index contributed by atoms with van der Waals surface area (Å²) in [6, 6.07) is 0.510. The van der Waals surface area contributed by atoms with Crippen LogP contribution >= 0.6 is 0 Å². The number of hydrogen-bond donors (Lipinski definition) is 1. The van der Waals surface area contributed by atoms with Gasteiger partial charge in [0, 0.05) is 19.1 Å². The molecule has 5 nitrogen and oxygen atoms in total. The van der Waals surface area contributed by atoms with Gasteiger partial charge in [-0.3, -0.25) is 9.69 Å². The Morgan fingerprint density at radius 3 is 2.95 bits per heavy atom. The first-order chi connectivity index (χ1) is 9.04. The quantitative estimate of drug-likeness (QED) is 0.769. The summed E-state index contributed by atoms with van der Waals surface area (Å²) in [6.07, 6.45) is 5.92. The fourth-order valence-corrected chi connectivity index (χ4v) is 3.17. The van der Waals surface area contributed by atoms with Gasteiger partial charge in [-0.05, 0) is 26.2 Å². The van der Waals surface area contributed by atoms with Gasteiger partial charge >= 0.3 is 5.97 Å². The molecule has 3 unspecified atom stereocenters. The molecule has 19 heavy (non-hydrogen) atoms. The van der Waals surface area contributed by atoms with Gasteiger partial charge < -0.3 is 15.2 Å². The van der Waals surface area contributed by atoms with E-state index in [1.54, 1.807) is 6.92 Å². The fourth-order valence-electron chi connectivity index (χ4n) is 3.17. The van der Waals surface area contributed by atoms with Crippen LogP contribution in [0.25, 0.3) is 0 Å². The van der Waals surface area contributed by atoms with Crippen molar-refractivity contribution in [3.63, 3.8) is 0 Å². The number of fused-ring (bicyclic) bond motifs is 1. The molecular weight excluding hydrogens is 244 g/mol. The second kappa shape index (κ2) is 6.20. The van der Waals surface area contributed by atoms with E-state index in [0.29, 0.717) is 18.6 Å². The van der Waals surface area contributed by atoms with Gasteiger partial charge in [0.2, 0.25) is 0 Å². The molecule has 0 aromatic rings. The summed E-state index contributed by atoms with van der Waals surface area (Å²) in [5.41, 5.74) is 5.13. The van der Waals surface area contributed by atoms with E-state index in [9.17, 15) is 4.79 Å². The Morgan fingerprint density at radius 2 is 2.21 bits per heavy atom. The van der Waals surface area contributed by atoms with Crippen molar-refractivity contribution in [1.29, 1.82) is 0 Å². The molecule has 2 N–H and O–H groups in total. The Balaban J connectivity index is 1.89. The van der Waals surface area contributed by atoms with Gasteiger partial charge in [0.25, 0.3) is 0 Å². The van der Waals surface area contributed by atoms with Crippen LogP contribution in [0.2, 0.25) is 0 Å². The number of nitrogens with zero attached hydrogens (tertiary/aromatic N) is 1. The SMILES string of the molecule is COC(=O)C(C)(N)CCN1CCOC2CCCCC21. The van der Waals surface area contributed by atoms with Crippen LogP contribution < -0.4 is 5.73 Å². The lowest BCUT2D eigenvalue weighted by atomic mass is 9.89. The van der Waals surface area contributed by atoms with E-state index in [2.05, 4.69) is 4.90 Å². The molecule has 110 valence electrons. The maximum absolute atomic E-state index is 11.6. The third kappa shape index (κ3) is 3.46. The molecule has 3 atom stereocenters. The van der Waals surface area contributed by atoms with Crippen LogP contribution in [0.1, 0.15) is 39.0 Å². The number of rotatable bonds is 4. The lowest BCUT2D eigenvalue weighted by Gasteiger charge is -2.44. The van der Waals surface area contributed by atoms with Crippen LogP contribution in [0.4, 0.5) is 0 Å². The second-order valence-electron chi connectivity index (χ2n) is 5.96. The Morgan fingerprint density at radius 1 is 1.47 bits per heavy atom. The molecule has 1 aliphatic carbocycles. The minimum absolute atomic E-state index is 0.332. The lowest BCUT2D eigenvalue weighted by molar-refractivity contribution is -0.147. The highest BCUT2D eigenvalue weighted by molar-refractivity contribution is 5.79. The van der Waals surface area contributed by atoms with E-state index < -0.39 is 5.54 Å². The van der Waals surface area contributed by atoms with Crippen molar-refractivity contribution in [2.24, 2.45) is 5.73 Å². The smallest absolute Gasteiger partial charge is 0.325 e. The van der Waals surface area contributed by atoms with Crippen LogP contribution in [0.5, 0.6) is 0 Å².